The van der Waals surface area contributed by atoms with E-state index in [0.29, 0.717) is 17.3 Å². The zero-order valence-electron chi connectivity index (χ0n) is 12.4. The van der Waals surface area contributed by atoms with Gasteiger partial charge in [-0.3, -0.25) is 4.79 Å². The van der Waals surface area contributed by atoms with Crippen molar-refractivity contribution in [3.8, 4) is 0 Å². The number of carbonyl (C=O) groups is 1. The summed E-state index contributed by atoms with van der Waals surface area (Å²) in [6, 6.07) is 15.3. The first kappa shape index (κ1) is 18.5. The summed E-state index contributed by atoms with van der Waals surface area (Å²) in [6.45, 7) is 0.672. The van der Waals surface area contributed by atoms with Gasteiger partial charge in [0.15, 0.2) is 0 Å². The van der Waals surface area contributed by atoms with E-state index in [-0.39, 0.29) is 5.91 Å². The van der Waals surface area contributed by atoms with Crippen LogP contribution in [-0.2, 0) is 10.5 Å². The highest BCUT2D eigenvalue weighted by molar-refractivity contribution is 8.00. The molecule has 0 atom stereocenters. The molecule has 0 aliphatic carbocycles. The molecule has 0 unspecified atom stereocenters. The van der Waals surface area contributed by atoms with Crippen LogP contribution in [-0.4, -0.2) is 24.0 Å². The Balaban J connectivity index is 1.57. The summed E-state index contributed by atoms with van der Waals surface area (Å²) in [6.07, 6.45) is 0. The van der Waals surface area contributed by atoms with Gasteiger partial charge in [-0.15, -0.1) is 11.8 Å². The van der Waals surface area contributed by atoms with Crippen LogP contribution >= 0.6 is 46.7 Å². The third-order valence-electron chi connectivity index (χ3n) is 2.91. The van der Waals surface area contributed by atoms with Crippen LogP contribution in [0.15, 0.2) is 53.4 Å². The molecular weight excluding hydrogens is 369 g/mol. The molecule has 0 aliphatic rings. The monoisotopic (exact) mass is 385 g/mol. The Morgan fingerprint density at radius 3 is 2.57 bits per heavy atom. The highest BCUT2D eigenvalue weighted by Gasteiger charge is 2.02. The lowest BCUT2D eigenvalue weighted by Gasteiger charge is -2.06. The Labute approximate surface area is 155 Å². The van der Waals surface area contributed by atoms with Gasteiger partial charge < -0.3 is 5.32 Å². The van der Waals surface area contributed by atoms with Crippen LogP contribution in [0.4, 0.5) is 0 Å². The largest absolute Gasteiger partial charge is 0.355 e. The molecule has 0 aliphatic heterocycles. The molecule has 23 heavy (non-hydrogen) atoms. The van der Waals surface area contributed by atoms with E-state index in [1.807, 2.05) is 42.5 Å². The fraction of sp³-hybridized carbons (Fsp3) is 0.235. The predicted molar refractivity (Wildman–Crippen MR) is 103 cm³/mol. The van der Waals surface area contributed by atoms with Crippen LogP contribution in [0.2, 0.25) is 10.0 Å². The first-order valence-electron chi connectivity index (χ1n) is 7.11. The lowest BCUT2D eigenvalue weighted by Crippen LogP contribution is -2.27. The van der Waals surface area contributed by atoms with E-state index in [1.165, 1.54) is 17.3 Å². The van der Waals surface area contributed by atoms with Crippen LogP contribution in [0.25, 0.3) is 0 Å². The van der Waals surface area contributed by atoms with Crippen molar-refractivity contribution in [1.29, 1.82) is 0 Å². The molecule has 0 spiro atoms. The second-order valence-corrected chi connectivity index (χ2v) is 7.80. The fourth-order valence-corrected chi connectivity index (χ4v) is 3.68. The van der Waals surface area contributed by atoms with Gasteiger partial charge in [0.05, 0.1) is 5.75 Å². The van der Waals surface area contributed by atoms with Gasteiger partial charge in [0, 0.05) is 33.0 Å². The first-order valence-corrected chi connectivity index (χ1v) is 10.0. The van der Waals surface area contributed by atoms with E-state index in [1.54, 1.807) is 11.8 Å². The average molecular weight is 386 g/mol. The molecule has 6 heteroatoms. The summed E-state index contributed by atoms with van der Waals surface area (Å²) in [7, 11) is 0. The van der Waals surface area contributed by atoms with Crippen molar-refractivity contribution in [2.45, 2.75) is 10.6 Å². The van der Waals surface area contributed by atoms with E-state index in [2.05, 4.69) is 11.4 Å². The zero-order valence-corrected chi connectivity index (χ0v) is 15.6. The average Bonchev–Trinajstić information content (AvgIpc) is 2.54. The van der Waals surface area contributed by atoms with Crippen LogP contribution in [0.3, 0.4) is 0 Å². The summed E-state index contributed by atoms with van der Waals surface area (Å²) >= 11 is 15.1. The maximum atomic E-state index is 11.8. The maximum absolute atomic E-state index is 11.8. The van der Waals surface area contributed by atoms with E-state index >= 15 is 0 Å². The van der Waals surface area contributed by atoms with Gasteiger partial charge in [-0.05, 0) is 42.0 Å². The third kappa shape index (κ3) is 7.53. The Morgan fingerprint density at radius 2 is 1.83 bits per heavy atom. The summed E-state index contributed by atoms with van der Waals surface area (Å²) < 4.78 is 0. The second-order valence-electron chi connectivity index (χ2n) is 4.78. The van der Waals surface area contributed by atoms with E-state index < -0.39 is 0 Å². The molecule has 122 valence electrons. The van der Waals surface area contributed by atoms with Gasteiger partial charge in [-0.25, -0.2) is 0 Å². The van der Waals surface area contributed by atoms with Crippen molar-refractivity contribution in [1.82, 2.24) is 5.32 Å². The number of thioether (sulfide) groups is 2. The molecular formula is C17H17Cl2NOS2. The van der Waals surface area contributed by atoms with E-state index in [4.69, 9.17) is 23.2 Å². The minimum atomic E-state index is 0.0494. The summed E-state index contributed by atoms with van der Waals surface area (Å²) in [5.41, 5.74) is 1.20. The zero-order chi connectivity index (χ0) is 16.5. The fourth-order valence-electron chi connectivity index (χ4n) is 1.81. The minimum Gasteiger partial charge on any atom is -0.355 e. The molecule has 2 aromatic rings. The lowest BCUT2D eigenvalue weighted by atomic mass is 10.2. The van der Waals surface area contributed by atoms with Crippen molar-refractivity contribution in [3.05, 3.63) is 64.1 Å². The highest BCUT2D eigenvalue weighted by Crippen LogP contribution is 2.20. The number of carbonyl (C=O) groups excluding carboxylic acids is 1. The minimum absolute atomic E-state index is 0.0494. The number of hydrogen-bond donors (Lipinski definition) is 1. The number of nitrogens with one attached hydrogen (secondary N) is 1. The molecule has 0 heterocycles. The number of hydrogen-bond acceptors (Lipinski definition) is 3. The normalized spacial score (nSPS) is 10.5. The van der Waals surface area contributed by atoms with Gasteiger partial charge in [-0.1, -0.05) is 35.3 Å². The Bertz CT molecular complexity index is 635. The molecule has 2 nitrogen and oxygen atoms in total. The number of halogens is 2. The molecule has 0 saturated heterocycles. The second kappa shape index (κ2) is 10.1. The van der Waals surface area contributed by atoms with Gasteiger partial charge in [0.2, 0.25) is 5.91 Å². The topological polar surface area (TPSA) is 29.1 Å². The smallest absolute Gasteiger partial charge is 0.230 e. The molecule has 0 saturated carbocycles. The van der Waals surface area contributed by atoms with Gasteiger partial charge in [0.1, 0.15) is 0 Å². The SMILES string of the molecule is O=C(CSc1ccc(Cl)cc1)NCCSCc1cccc(Cl)c1. The summed E-state index contributed by atoms with van der Waals surface area (Å²) in [5, 5.41) is 4.39. The van der Waals surface area contributed by atoms with Crippen molar-refractivity contribution in [2.24, 2.45) is 0 Å². The van der Waals surface area contributed by atoms with Crippen molar-refractivity contribution < 1.29 is 4.79 Å². The Morgan fingerprint density at radius 1 is 1.04 bits per heavy atom. The van der Waals surface area contributed by atoms with E-state index in [0.717, 1.165) is 21.4 Å². The lowest BCUT2D eigenvalue weighted by molar-refractivity contribution is -0.118. The summed E-state index contributed by atoms with van der Waals surface area (Å²) in [4.78, 5) is 12.8. The molecule has 1 amide bonds. The van der Waals surface area contributed by atoms with Crippen molar-refractivity contribution in [3.63, 3.8) is 0 Å². The number of rotatable bonds is 8. The third-order valence-corrected chi connectivity index (χ3v) is 5.44. The van der Waals surface area contributed by atoms with Crippen LogP contribution in [0, 0.1) is 0 Å². The number of benzene rings is 2. The van der Waals surface area contributed by atoms with Gasteiger partial charge >= 0.3 is 0 Å². The molecule has 0 fully saturated rings. The van der Waals surface area contributed by atoms with E-state index in [9.17, 15) is 4.79 Å². The molecule has 1 N–H and O–H groups in total. The van der Waals surface area contributed by atoms with Gasteiger partial charge in [0.25, 0.3) is 0 Å². The highest BCUT2D eigenvalue weighted by atomic mass is 35.5. The predicted octanol–water partition coefficient (Wildman–Crippen LogP) is 5.14. The molecule has 0 radical (unpaired) electrons. The molecule has 0 bridgehead atoms. The van der Waals surface area contributed by atoms with Crippen LogP contribution in [0.1, 0.15) is 5.56 Å². The molecule has 2 rings (SSSR count). The quantitative estimate of drug-likeness (QED) is 0.503. The van der Waals surface area contributed by atoms with Crippen molar-refractivity contribution in [2.75, 3.05) is 18.1 Å². The standard InChI is InChI=1S/C17H17Cl2NOS2/c18-14-4-6-16(7-5-14)23-12-17(21)20-8-9-22-11-13-2-1-3-15(19)10-13/h1-7,10H,8-9,11-12H2,(H,20,21). The maximum Gasteiger partial charge on any atom is 0.230 e. The van der Waals surface area contributed by atoms with Crippen LogP contribution in [0.5, 0.6) is 0 Å². The van der Waals surface area contributed by atoms with Crippen molar-refractivity contribution >= 4 is 52.6 Å². The Hall–Kier alpha value is -0.810. The van der Waals surface area contributed by atoms with Gasteiger partial charge in [-0.2, -0.15) is 11.8 Å². The summed E-state index contributed by atoms with van der Waals surface area (Å²) in [5.74, 6) is 2.24. The first-order chi connectivity index (χ1) is 11.1. The molecule has 2 aromatic carbocycles. The number of amides is 1. The molecule has 0 aromatic heterocycles. The van der Waals surface area contributed by atoms with Crippen LogP contribution < -0.4 is 5.32 Å². The Kier molecular flexibility index (Phi) is 8.17.